The van der Waals surface area contributed by atoms with E-state index in [0.717, 1.165) is 21.2 Å². The van der Waals surface area contributed by atoms with E-state index in [1.165, 1.54) is 23.3 Å². The minimum Gasteiger partial charge on any atom is -0.467 e. The van der Waals surface area contributed by atoms with E-state index in [4.69, 9.17) is 4.42 Å². The largest absolute Gasteiger partial charge is 0.467 e. The number of amides is 1. The Labute approximate surface area is 142 Å². The zero-order valence-electron chi connectivity index (χ0n) is 12.5. The lowest BCUT2D eigenvalue weighted by molar-refractivity contribution is -0.118. The second-order valence-corrected chi connectivity index (χ2v) is 6.82. The molecule has 1 N–H and O–H groups in total. The summed E-state index contributed by atoms with van der Waals surface area (Å²) in [4.78, 5) is 16.3. The maximum atomic E-state index is 11.8. The highest BCUT2D eigenvalue weighted by molar-refractivity contribution is 8.01. The van der Waals surface area contributed by atoms with Crippen LogP contribution in [0.3, 0.4) is 0 Å². The first-order chi connectivity index (χ1) is 11.2. The molecule has 3 aromatic rings. The summed E-state index contributed by atoms with van der Waals surface area (Å²) in [5, 5.41) is 2.81. The lowest BCUT2D eigenvalue weighted by Gasteiger charge is -2.01. The molecule has 3 rings (SSSR count). The van der Waals surface area contributed by atoms with Gasteiger partial charge in [0.25, 0.3) is 0 Å². The Hall–Kier alpha value is -2.12. The van der Waals surface area contributed by atoms with Crippen LogP contribution >= 0.6 is 23.3 Å². The molecule has 0 fully saturated rings. The summed E-state index contributed by atoms with van der Waals surface area (Å²) in [6.45, 7) is 2.43. The molecule has 0 aliphatic carbocycles. The molecule has 0 atom stereocenters. The van der Waals surface area contributed by atoms with Crippen molar-refractivity contribution in [3.63, 3.8) is 0 Å². The van der Waals surface area contributed by atoms with Crippen molar-refractivity contribution in [3.05, 3.63) is 54.0 Å². The number of aromatic nitrogens is 2. The van der Waals surface area contributed by atoms with Gasteiger partial charge in [0.15, 0.2) is 10.2 Å². The van der Waals surface area contributed by atoms with Crippen LogP contribution in [0.25, 0.3) is 11.4 Å². The van der Waals surface area contributed by atoms with Gasteiger partial charge < -0.3 is 9.73 Å². The molecule has 0 aliphatic heterocycles. The van der Waals surface area contributed by atoms with Crippen LogP contribution in [0.2, 0.25) is 0 Å². The van der Waals surface area contributed by atoms with Crippen LogP contribution < -0.4 is 5.32 Å². The number of hydrogen-bond donors (Lipinski definition) is 1. The summed E-state index contributed by atoms with van der Waals surface area (Å²) in [5.41, 5.74) is 2.16. The zero-order valence-corrected chi connectivity index (χ0v) is 14.1. The molecule has 2 aromatic heterocycles. The molecule has 1 amide bonds. The zero-order chi connectivity index (χ0) is 16.1. The van der Waals surface area contributed by atoms with Crippen LogP contribution in [-0.4, -0.2) is 21.0 Å². The number of benzene rings is 1. The van der Waals surface area contributed by atoms with Gasteiger partial charge in [-0.15, -0.1) is 0 Å². The van der Waals surface area contributed by atoms with E-state index < -0.39 is 0 Å². The third kappa shape index (κ3) is 4.20. The van der Waals surface area contributed by atoms with Crippen molar-refractivity contribution in [2.45, 2.75) is 17.8 Å². The quantitative estimate of drug-likeness (QED) is 0.692. The number of nitrogens with zero attached hydrogens (tertiary/aromatic N) is 2. The van der Waals surface area contributed by atoms with Crippen molar-refractivity contribution < 1.29 is 9.21 Å². The highest BCUT2D eigenvalue weighted by Gasteiger charge is 2.11. The predicted octanol–water partition coefficient (Wildman–Crippen LogP) is 3.52. The number of nitrogens with one attached hydrogen (secondary N) is 1. The topological polar surface area (TPSA) is 68.0 Å². The van der Waals surface area contributed by atoms with E-state index in [9.17, 15) is 4.79 Å². The van der Waals surface area contributed by atoms with Gasteiger partial charge in [0.1, 0.15) is 5.76 Å². The number of carbonyl (C=O) groups excluding carboxylic acids is 1. The first kappa shape index (κ1) is 15.8. The van der Waals surface area contributed by atoms with Gasteiger partial charge in [0, 0.05) is 5.56 Å². The average Bonchev–Trinajstić information content (AvgIpc) is 3.23. The van der Waals surface area contributed by atoms with Crippen LogP contribution in [0, 0.1) is 6.92 Å². The van der Waals surface area contributed by atoms with Gasteiger partial charge in [-0.3, -0.25) is 4.79 Å². The normalized spacial score (nSPS) is 10.7. The van der Waals surface area contributed by atoms with Gasteiger partial charge in [0.05, 0.1) is 18.6 Å². The van der Waals surface area contributed by atoms with E-state index in [0.29, 0.717) is 18.1 Å². The van der Waals surface area contributed by atoms with Gasteiger partial charge in [-0.25, -0.2) is 4.98 Å². The smallest absolute Gasteiger partial charge is 0.230 e. The number of aryl methyl sites for hydroxylation is 1. The lowest BCUT2D eigenvalue weighted by Crippen LogP contribution is -2.24. The third-order valence-electron chi connectivity index (χ3n) is 3.16. The molecule has 23 heavy (non-hydrogen) atoms. The van der Waals surface area contributed by atoms with E-state index in [2.05, 4.69) is 14.7 Å². The second-order valence-electron chi connectivity index (χ2n) is 4.84. The molecule has 0 spiro atoms. The van der Waals surface area contributed by atoms with Crippen LogP contribution in [0.4, 0.5) is 0 Å². The third-order valence-corrected chi connectivity index (χ3v) is 4.99. The van der Waals surface area contributed by atoms with Gasteiger partial charge >= 0.3 is 0 Å². The Balaban J connectivity index is 1.53. The van der Waals surface area contributed by atoms with Crippen molar-refractivity contribution in [2.75, 3.05) is 5.75 Å². The maximum Gasteiger partial charge on any atom is 0.230 e. The minimum absolute atomic E-state index is 0.0564. The molecule has 7 heteroatoms. The van der Waals surface area contributed by atoms with Crippen molar-refractivity contribution in [2.24, 2.45) is 0 Å². The van der Waals surface area contributed by atoms with Crippen molar-refractivity contribution >= 4 is 29.2 Å². The monoisotopic (exact) mass is 345 g/mol. The van der Waals surface area contributed by atoms with E-state index in [1.807, 2.05) is 37.3 Å². The van der Waals surface area contributed by atoms with Crippen molar-refractivity contribution in [3.8, 4) is 11.4 Å². The molecule has 5 nitrogen and oxygen atoms in total. The fourth-order valence-corrected chi connectivity index (χ4v) is 3.42. The summed E-state index contributed by atoms with van der Waals surface area (Å²) in [5.74, 6) is 1.70. The first-order valence-electron chi connectivity index (χ1n) is 7.04. The van der Waals surface area contributed by atoms with Crippen LogP contribution in [0.5, 0.6) is 0 Å². The van der Waals surface area contributed by atoms with Gasteiger partial charge in [0.2, 0.25) is 5.91 Å². The number of rotatable bonds is 6. The van der Waals surface area contributed by atoms with Crippen LogP contribution in [0.15, 0.2) is 51.4 Å². The Kier molecular flexibility index (Phi) is 5.09. The molecule has 2 heterocycles. The maximum absolute atomic E-state index is 11.8. The molecule has 0 saturated heterocycles. The van der Waals surface area contributed by atoms with Crippen LogP contribution in [-0.2, 0) is 11.3 Å². The van der Waals surface area contributed by atoms with Gasteiger partial charge in [-0.05, 0) is 36.2 Å². The molecule has 0 aliphatic rings. The lowest BCUT2D eigenvalue weighted by atomic mass is 10.1. The van der Waals surface area contributed by atoms with E-state index in [1.54, 1.807) is 12.3 Å². The SMILES string of the molecule is Cc1ccccc1-c1nsc(SCC(=O)NCc2ccco2)n1. The Morgan fingerprint density at radius 3 is 2.96 bits per heavy atom. The molecule has 0 unspecified atom stereocenters. The van der Waals surface area contributed by atoms with E-state index in [-0.39, 0.29) is 5.91 Å². The number of carbonyl (C=O) groups is 1. The fraction of sp³-hybridized carbons (Fsp3) is 0.188. The summed E-state index contributed by atoms with van der Waals surface area (Å²) < 4.78 is 10.3. The number of furan rings is 1. The minimum atomic E-state index is -0.0564. The first-order valence-corrected chi connectivity index (χ1v) is 8.80. The summed E-state index contributed by atoms with van der Waals surface area (Å²) in [7, 11) is 0. The van der Waals surface area contributed by atoms with E-state index >= 15 is 0 Å². The Morgan fingerprint density at radius 2 is 2.17 bits per heavy atom. The van der Waals surface area contributed by atoms with Crippen LogP contribution in [0.1, 0.15) is 11.3 Å². The van der Waals surface area contributed by atoms with Crippen molar-refractivity contribution in [1.82, 2.24) is 14.7 Å². The molecule has 0 radical (unpaired) electrons. The standard InChI is InChI=1S/C16H15N3O2S2/c1-11-5-2-3-7-13(11)15-18-16(23-19-15)22-10-14(20)17-9-12-6-4-8-21-12/h2-8H,9-10H2,1H3,(H,17,20). The fourth-order valence-electron chi connectivity index (χ4n) is 1.98. The molecular weight excluding hydrogens is 330 g/mol. The van der Waals surface area contributed by atoms with Crippen molar-refractivity contribution in [1.29, 1.82) is 0 Å². The summed E-state index contributed by atoms with van der Waals surface area (Å²) >= 11 is 2.70. The summed E-state index contributed by atoms with van der Waals surface area (Å²) in [6, 6.07) is 11.6. The molecule has 1 aromatic carbocycles. The van der Waals surface area contributed by atoms with Gasteiger partial charge in [-0.2, -0.15) is 4.37 Å². The Morgan fingerprint density at radius 1 is 1.30 bits per heavy atom. The molecule has 0 saturated carbocycles. The number of hydrogen-bond acceptors (Lipinski definition) is 6. The molecular formula is C16H15N3O2S2. The highest BCUT2D eigenvalue weighted by atomic mass is 32.2. The van der Waals surface area contributed by atoms with Gasteiger partial charge in [-0.1, -0.05) is 36.0 Å². The highest BCUT2D eigenvalue weighted by Crippen LogP contribution is 2.26. The average molecular weight is 345 g/mol. The molecule has 118 valence electrons. The summed E-state index contributed by atoms with van der Waals surface area (Å²) in [6.07, 6.45) is 1.59. The predicted molar refractivity (Wildman–Crippen MR) is 91.4 cm³/mol. The number of thioether (sulfide) groups is 1. The second kappa shape index (κ2) is 7.43. The Bertz CT molecular complexity index is 784. The molecule has 0 bridgehead atoms.